The number of anilines is 3. The second kappa shape index (κ2) is 6.47. The van der Waals surface area contributed by atoms with E-state index in [2.05, 4.69) is 20.6 Å². The quantitative estimate of drug-likeness (QED) is 0.678. The lowest BCUT2D eigenvalue weighted by Gasteiger charge is -2.26. The predicted octanol–water partition coefficient (Wildman–Crippen LogP) is 2.13. The monoisotopic (exact) mass is 291 g/mol. The van der Waals surface area contributed by atoms with Gasteiger partial charge in [-0.2, -0.15) is 4.98 Å². The highest BCUT2D eigenvalue weighted by Gasteiger charge is 2.21. The van der Waals surface area contributed by atoms with Gasteiger partial charge < -0.3 is 21.5 Å². The molecule has 1 heterocycles. The molecular formula is C15H25N5O. The summed E-state index contributed by atoms with van der Waals surface area (Å²) in [5, 5.41) is 16.4. The highest BCUT2D eigenvalue weighted by molar-refractivity contribution is 5.62. The van der Waals surface area contributed by atoms with E-state index < -0.39 is 0 Å². The van der Waals surface area contributed by atoms with E-state index in [1.54, 1.807) is 6.20 Å². The van der Waals surface area contributed by atoms with Crippen molar-refractivity contribution in [3.05, 3.63) is 6.20 Å². The van der Waals surface area contributed by atoms with Crippen molar-refractivity contribution in [3.63, 3.8) is 0 Å². The highest BCUT2D eigenvalue weighted by atomic mass is 16.3. The summed E-state index contributed by atoms with van der Waals surface area (Å²) in [5.74, 6) is 1.38. The fourth-order valence-corrected chi connectivity index (χ4v) is 3.24. The summed E-state index contributed by atoms with van der Waals surface area (Å²) in [4.78, 5) is 8.80. The molecule has 5 N–H and O–H groups in total. The molecule has 2 aliphatic carbocycles. The summed E-state index contributed by atoms with van der Waals surface area (Å²) >= 11 is 0. The summed E-state index contributed by atoms with van der Waals surface area (Å²) in [6.45, 7) is 0. The van der Waals surface area contributed by atoms with Crippen LogP contribution in [0.3, 0.4) is 0 Å². The highest BCUT2D eigenvalue weighted by Crippen LogP contribution is 2.26. The van der Waals surface area contributed by atoms with E-state index in [1.165, 1.54) is 25.7 Å². The van der Waals surface area contributed by atoms with Crippen molar-refractivity contribution < 1.29 is 5.11 Å². The molecule has 2 fully saturated rings. The van der Waals surface area contributed by atoms with Crippen molar-refractivity contribution in [2.75, 3.05) is 16.4 Å². The average molecular weight is 291 g/mol. The average Bonchev–Trinajstić information content (AvgIpc) is 2.98. The molecule has 2 saturated carbocycles. The standard InChI is InChI=1S/C15H25N5O/c16-13-9-17-15(19-11-5-7-12(21)8-6-11)20-14(13)18-10-3-1-2-4-10/h9-12,21H,1-8,16H2,(H2,17,18,19,20). The smallest absolute Gasteiger partial charge is 0.224 e. The summed E-state index contributed by atoms with van der Waals surface area (Å²) in [6, 6.07) is 0.830. The van der Waals surface area contributed by atoms with Gasteiger partial charge in [0.25, 0.3) is 0 Å². The van der Waals surface area contributed by atoms with E-state index in [9.17, 15) is 5.11 Å². The van der Waals surface area contributed by atoms with Crippen molar-refractivity contribution in [2.24, 2.45) is 0 Å². The van der Waals surface area contributed by atoms with Crippen LogP contribution in [0.5, 0.6) is 0 Å². The molecule has 0 saturated heterocycles. The van der Waals surface area contributed by atoms with Gasteiger partial charge in [0.1, 0.15) is 0 Å². The van der Waals surface area contributed by atoms with Crippen LogP contribution in [0.4, 0.5) is 17.5 Å². The van der Waals surface area contributed by atoms with E-state index in [-0.39, 0.29) is 6.10 Å². The SMILES string of the molecule is Nc1cnc(NC2CCC(O)CC2)nc1NC1CCCC1. The normalized spacial score (nSPS) is 26.7. The van der Waals surface area contributed by atoms with Gasteiger partial charge in [0, 0.05) is 12.1 Å². The van der Waals surface area contributed by atoms with Crippen LogP contribution in [0.1, 0.15) is 51.4 Å². The summed E-state index contributed by atoms with van der Waals surface area (Å²) in [5.41, 5.74) is 6.57. The Morgan fingerprint density at radius 1 is 1.00 bits per heavy atom. The molecule has 116 valence electrons. The predicted molar refractivity (Wildman–Crippen MR) is 84.2 cm³/mol. The molecule has 0 aromatic carbocycles. The third-order valence-electron chi connectivity index (χ3n) is 4.54. The molecule has 6 heteroatoms. The molecule has 0 atom stereocenters. The van der Waals surface area contributed by atoms with Crippen LogP contribution < -0.4 is 16.4 Å². The van der Waals surface area contributed by atoms with Crippen molar-refractivity contribution in [2.45, 2.75) is 69.6 Å². The van der Waals surface area contributed by atoms with Crippen LogP contribution in [0.25, 0.3) is 0 Å². The number of aromatic nitrogens is 2. The van der Waals surface area contributed by atoms with Gasteiger partial charge in [-0.3, -0.25) is 0 Å². The Balaban J connectivity index is 1.62. The minimum Gasteiger partial charge on any atom is -0.394 e. The Bertz CT molecular complexity index is 467. The number of hydrogen-bond acceptors (Lipinski definition) is 6. The first-order valence-electron chi connectivity index (χ1n) is 8.04. The van der Waals surface area contributed by atoms with Crippen molar-refractivity contribution in [1.29, 1.82) is 0 Å². The Kier molecular flexibility index (Phi) is 4.43. The second-order valence-electron chi connectivity index (χ2n) is 6.27. The molecule has 21 heavy (non-hydrogen) atoms. The van der Waals surface area contributed by atoms with Gasteiger partial charge in [0.2, 0.25) is 5.95 Å². The van der Waals surface area contributed by atoms with E-state index in [4.69, 9.17) is 5.73 Å². The van der Waals surface area contributed by atoms with E-state index in [1.807, 2.05) is 0 Å². The number of hydrogen-bond donors (Lipinski definition) is 4. The number of aliphatic hydroxyl groups excluding tert-OH is 1. The molecule has 1 aromatic heterocycles. The first-order chi connectivity index (χ1) is 10.2. The van der Waals surface area contributed by atoms with Crippen molar-refractivity contribution >= 4 is 17.5 Å². The molecule has 2 aliphatic rings. The lowest BCUT2D eigenvalue weighted by molar-refractivity contribution is 0.126. The second-order valence-corrected chi connectivity index (χ2v) is 6.27. The largest absolute Gasteiger partial charge is 0.394 e. The molecule has 0 spiro atoms. The Morgan fingerprint density at radius 2 is 1.67 bits per heavy atom. The maximum atomic E-state index is 9.55. The number of rotatable bonds is 4. The maximum absolute atomic E-state index is 9.55. The van der Waals surface area contributed by atoms with Gasteiger partial charge >= 0.3 is 0 Å². The molecule has 0 amide bonds. The first-order valence-corrected chi connectivity index (χ1v) is 8.04. The lowest BCUT2D eigenvalue weighted by atomic mass is 9.93. The molecule has 0 unspecified atom stereocenters. The van der Waals surface area contributed by atoms with Crippen LogP contribution in [-0.4, -0.2) is 33.3 Å². The van der Waals surface area contributed by atoms with Gasteiger partial charge in [-0.25, -0.2) is 4.98 Å². The summed E-state index contributed by atoms with van der Waals surface area (Å²) in [7, 11) is 0. The molecule has 1 aromatic rings. The topological polar surface area (TPSA) is 96.1 Å². The zero-order valence-corrected chi connectivity index (χ0v) is 12.4. The molecule has 0 radical (unpaired) electrons. The number of nitrogen functional groups attached to an aromatic ring is 1. The Hall–Kier alpha value is -1.56. The number of nitrogens with zero attached hydrogens (tertiary/aromatic N) is 2. The Morgan fingerprint density at radius 3 is 2.38 bits per heavy atom. The van der Waals surface area contributed by atoms with E-state index >= 15 is 0 Å². The van der Waals surface area contributed by atoms with Gasteiger partial charge in [0.15, 0.2) is 5.82 Å². The van der Waals surface area contributed by atoms with E-state index in [0.29, 0.717) is 23.7 Å². The molecule has 0 bridgehead atoms. The van der Waals surface area contributed by atoms with Gasteiger partial charge in [-0.15, -0.1) is 0 Å². The minimum absolute atomic E-state index is 0.144. The van der Waals surface area contributed by atoms with Crippen molar-refractivity contribution in [1.82, 2.24) is 9.97 Å². The zero-order chi connectivity index (χ0) is 14.7. The maximum Gasteiger partial charge on any atom is 0.224 e. The fourth-order valence-electron chi connectivity index (χ4n) is 3.24. The van der Waals surface area contributed by atoms with E-state index in [0.717, 1.165) is 31.5 Å². The lowest BCUT2D eigenvalue weighted by Crippen LogP contribution is -2.29. The Labute approximate surface area is 125 Å². The van der Waals surface area contributed by atoms with Crippen molar-refractivity contribution in [3.8, 4) is 0 Å². The van der Waals surface area contributed by atoms with Crippen LogP contribution in [-0.2, 0) is 0 Å². The minimum atomic E-state index is -0.144. The molecule has 3 rings (SSSR count). The van der Waals surface area contributed by atoms with Crippen LogP contribution in [0, 0.1) is 0 Å². The first kappa shape index (κ1) is 14.4. The fraction of sp³-hybridized carbons (Fsp3) is 0.733. The molecule has 6 nitrogen and oxygen atoms in total. The van der Waals surface area contributed by atoms with Gasteiger partial charge in [-0.1, -0.05) is 12.8 Å². The zero-order valence-electron chi connectivity index (χ0n) is 12.4. The third-order valence-corrected chi connectivity index (χ3v) is 4.54. The number of nitrogens with one attached hydrogen (secondary N) is 2. The molecule has 0 aliphatic heterocycles. The third kappa shape index (κ3) is 3.75. The van der Waals surface area contributed by atoms with Crippen LogP contribution in [0.2, 0.25) is 0 Å². The van der Waals surface area contributed by atoms with Crippen LogP contribution in [0.15, 0.2) is 6.20 Å². The van der Waals surface area contributed by atoms with Gasteiger partial charge in [0.05, 0.1) is 18.0 Å². The summed E-state index contributed by atoms with van der Waals surface area (Å²) < 4.78 is 0. The summed E-state index contributed by atoms with van der Waals surface area (Å²) in [6.07, 6.45) is 10.1. The van der Waals surface area contributed by atoms with Gasteiger partial charge in [-0.05, 0) is 38.5 Å². The molecular weight excluding hydrogens is 266 g/mol. The van der Waals surface area contributed by atoms with Crippen LogP contribution >= 0.6 is 0 Å². The number of nitrogens with two attached hydrogens (primary N) is 1. The number of aliphatic hydroxyl groups is 1.